The fraction of sp³-hybridized carbons (Fsp3) is 0.350. The molecular weight excluding hydrogens is 380 g/mol. The first kappa shape index (κ1) is 21.8. The fourth-order valence-corrected chi connectivity index (χ4v) is 2.73. The van der Waals surface area contributed by atoms with Gasteiger partial charge in [-0.05, 0) is 32.0 Å². The Kier molecular flexibility index (Phi) is 7.24. The van der Waals surface area contributed by atoms with E-state index >= 15 is 0 Å². The van der Waals surface area contributed by atoms with E-state index in [1.807, 2.05) is 0 Å². The number of hydrogen-bond donors (Lipinski definition) is 2. The third-order valence-electron chi connectivity index (χ3n) is 4.20. The third kappa shape index (κ3) is 5.28. The quantitative estimate of drug-likeness (QED) is 0.487. The van der Waals surface area contributed by atoms with Gasteiger partial charge in [0.05, 0.1) is 33.5 Å². The van der Waals surface area contributed by atoms with E-state index in [4.69, 9.17) is 23.7 Å². The Labute approximate surface area is 168 Å². The van der Waals surface area contributed by atoms with Crippen LogP contribution in [-0.4, -0.2) is 44.0 Å². The van der Waals surface area contributed by atoms with Crippen molar-refractivity contribution >= 4 is 17.6 Å². The smallest absolute Gasteiger partial charge is 0.303 e. The molecule has 2 N–H and O–H groups in total. The number of hydrazone groups is 1. The lowest BCUT2D eigenvalue weighted by molar-refractivity contribution is -0.137. The summed E-state index contributed by atoms with van der Waals surface area (Å²) in [6.45, 7) is 3.47. The standard InChI is InChI=1S/C20H24N2O7/c1-11(15-10-14(29-12(15)2)6-7-18(23)24)21-22-20(25)13-8-16(26-3)19(28-5)17(9-13)27-4/h8-10H,6-7H2,1-5H3,(H,22,25)(H,23,24)/b21-11-. The highest BCUT2D eigenvalue weighted by molar-refractivity contribution is 6.01. The van der Waals surface area contributed by atoms with Crippen LogP contribution in [0.25, 0.3) is 0 Å². The number of nitrogens with zero attached hydrogens (tertiary/aromatic N) is 1. The van der Waals surface area contributed by atoms with Crippen molar-refractivity contribution < 1.29 is 33.3 Å². The lowest BCUT2D eigenvalue weighted by atomic mass is 10.1. The molecule has 1 aromatic carbocycles. The molecule has 9 nitrogen and oxygen atoms in total. The molecule has 0 aliphatic carbocycles. The molecule has 2 aromatic rings. The van der Waals surface area contributed by atoms with E-state index in [0.717, 1.165) is 0 Å². The minimum Gasteiger partial charge on any atom is -0.493 e. The molecule has 1 aromatic heterocycles. The Morgan fingerprint density at radius 3 is 2.24 bits per heavy atom. The van der Waals surface area contributed by atoms with Gasteiger partial charge < -0.3 is 23.7 Å². The van der Waals surface area contributed by atoms with E-state index in [9.17, 15) is 9.59 Å². The number of aryl methyl sites for hydroxylation is 2. The second-order valence-corrected chi connectivity index (χ2v) is 6.13. The van der Waals surface area contributed by atoms with Crippen LogP contribution >= 0.6 is 0 Å². The van der Waals surface area contributed by atoms with Gasteiger partial charge in [-0.2, -0.15) is 5.10 Å². The average molecular weight is 404 g/mol. The number of carbonyl (C=O) groups is 2. The Morgan fingerprint density at radius 2 is 1.72 bits per heavy atom. The molecule has 9 heteroatoms. The molecule has 0 atom stereocenters. The molecule has 0 aliphatic rings. The Morgan fingerprint density at radius 1 is 1.10 bits per heavy atom. The average Bonchev–Trinajstić information content (AvgIpc) is 3.09. The number of amides is 1. The van der Waals surface area contributed by atoms with Gasteiger partial charge in [0, 0.05) is 17.5 Å². The van der Waals surface area contributed by atoms with Gasteiger partial charge in [0.25, 0.3) is 5.91 Å². The minimum absolute atomic E-state index is 0.0273. The molecule has 0 bridgehead atoms. The van der Waals surface area contributed by atoms with Gasteiger partial charge in [0.15, 0.2) is 11.5 Å². The van der Waals surface area contributed by atoms with Crippen LogP contribution in [0.3, 0.4) is 0 Å². The zero-order valence-corrected chi connectivity index (χ0v) is 17.0. The maximum atomic E-state index is 12.5. The Bertz CT molecular complexity index is 906. The highest BCUT2D eigenvalue weighted by Gasteiger charge is 2.17. The zero-order valence-electron chi connectivity index (χ0n) is 17.0. The molecular formula is C20H24N2O7. The first-order chi connectivity index (χ1) is 13.8. The number of rotatable bonds is 9. The summed E-state index contributed by atoms with van der Waals surface area (Å²) in [6, 6.07) is 4.77. The van der Waals surface area contributed by atoms with E-state index in [2.05, 4.69) is 10.5 Å². The van der Waals surface area contributed by atoms with Gasteiger partial charge in [-0.1, -0.05) is 0 Å². The number of carboxylic acid groups (broad SMARTS) is 1. The van der Waals surface area contributed by atoms with Crippen LogP contribution in [0, 0.1) is 6.92 Å². The number of carboxylic acids is 1. The molecule has 0 unspecified atom stereocenters. The van der Waals surface area contributed by atoms with E-state index in [1.165, 1.54) is 33.5 Å². The fourth-order valence-electron chi connectivity index (χ4n) is 2.73. The van der Waals surface area contributed by atoms with Crippen molar-refractivity contribution in [3.8, 4) is 17.2 Å². The number of nitrogens with one attached hydrogen (secondary N) is 1. The molecule has 0 saturated heterocycles. The number of methoxy groups -OCH3 is 3. The first-order valence-corrected chi connectivity index (χ1v) is 8.76. The van der Waals surface area contributed by atoms with Crippen LogP contribution in [0.2, 0.25) is 0 Å². The number of hydrogen-bond acceptors (Lipinski definition) is 7. The summed E-state index contributed by atoms with van der Waals surface area (Å²) in [7, 11) is 4.40. The highest BCUT2D eigenvalue weighted by Crippen LogP contribution is 2.38. The maximum absolute atomic E-state index is 12.5. The summed E-state index contributed by atoms with van der Waals surface area (Å²) in [5.74, 6) is 0.866. The molecule has 1 amide bonds. The number of carbonyl (C=O) groups excluding carboxylic acids is 1. The first-order valence-electron chi connectivity index (χ1n) is 8.76. The largest absolute Gasteiger partial charge is 0.493 e. The lowest BCUT2D eigenvalue weighted by Crippen LogP contribution is -2.19. The van der Waals surface area contributed by atoms with E-state index in [-0.39, 0.29) is 18.4 Å². The van der Waals surface area contributed by atoms with Crippen LogP contribution in [0.4, 0.5) is 0 Å². The number of furan rings is 1. The van der Waals surface area contributed by atoms with Crippen molar-refractivity contribution in [2.45, 2.75) is 26.7 Å². The monoisotopic (exact) mass is 404 g/mol. The van der Waals surface area contributed by atoms with Crippen LogP contribution in [0.1, 0.15) is 40.8 Å². The maximum Gasteiger partial charge on any atom is 0.303 e. The molecule has 0 radical (unpaired) electrons. The minimum atomic E-state index is -0.899. The van der Waals surface area contributed by atoms with Crippen LogP contribution < -0.4 is 19.6 Å². The van der Waals surface area contributed by atoms with Gasteiger partial charge in [-0.25, -0.2) is 5.43 Å². The van der Waals surface area contributed by atoms with Crippen molar-refractivity contribution in [1.82, 2.24) is 5.43 Å². The summed E-state index contributed by atoms with van der Waals surface area (Å²) in [4.78, 5) is 23.2. The van der Waals surface area contributed by atoms with Gasteiger partial charge in [-0.15, -0.1) is 0 Å². The highest BCUT2D eigenvalue weighted by atomic mass is 16.5. The van der Waals surface area contributed by atoms with Gasteiger partial charge in [-0.3, -0.25) is 9.59 Å². The van der Waals surface area contributed by atoms with Crippen molar-refractivity contribution in [1.29, 1.82) is 0 Å². The summed E-state index contributed by atoms with van der Waals surface area (Å²) < 4.78 is 21.3. The predicted molar refractivity (Wildman–Crippen MR) is 105 cm³/mol. The number of aliphatic carboxylic acids is 1. The molecule has 1 heterocycles. The van der Waals surface area contributed by atoms with Crippen LogP contribution in [0.15, 0.2) is 27.7 Å². The van der Waals surface area contributed by atoms with E-state index in [0.29, 0.717) is 40.0 Å². The summed E-state index contributed by atoms with van der Waals surface area (Å²) >= 11 is 0. The third-order valence-corrected chi connectivity index (χ3v) is 4.20. The summed E-state index contributed by atoms with van der Waals surface area (Å²) in [5, 5.41) is 12.9. The zero-order chi connectivity index (χ0) is 21.6. The second kappa shape index (κ2) is 9.63. The van der Waals surface area contributed by atoms with Crippen molar-refractivity contribution in [3.05, 3.63) is 40.8 Å². The van der Waals surface area contributed by atoms with E-state index < -0.39 is 11.9 Å². The topological polar surface area (TPSA) is 120 Å². The van der Waals surface area contributed by atoms with Crippen molar-refractivity contribution in [2.75, 3.05) is 21.3 Å². The number of benzene rings is 1. The second-order valence-electron chi connectivity index (χ2n) is 6.13. The molecule has 2 rings (SSSR count). The molecule has 0 aliphatic heterocycles. The van der Waals surface area contributed by atoms with Crippen LogP contribution in [0.5, 0.6) is 17.2 Å². The molecule has 0 spiro atoms. The van der Waals surface area contributed by atoms with Gasteiger partial charge >= 0.3 is 5.97 Å². The van der Waals surface area contributed by atoms with Crippen molar-refractivity contribution in [3.63, 3.8) is 0 Å². The molecule has 156 valence electrons. The van der Waals surface area contributed by atoms with Crippen molar-refractivity contribution in [2.24, 2.45) is 5.10 Å². The Hall–Kier alpha value is -3.49. The Balaban J connectivity index is 2.19. The summed E-state index contributed by atoms with van der Waals surface area (Å²) in [6.07, 6.45) is 0.252. The molecule has 29 heavy (non-hydrogen) atoms. The van der Waals surface area contributed by atoms with E-state index in [1.54, 1.807) is 19.9 Å². The van der Waals surface area contributed by atoms with Gasteiger partial charge in [0.2, 0.25) is 5.75 Å². The normalized spacial score (nSPS) is 11.1. The predicted octanol–water partition coefficient (Wildman–Crippen LogP) is 2.79. The van der Waals surface area contributed by atoms with Gasteiger partial charge in [0.1, 0.15) is 11.5 Å². The lowest BCUT2D eigenvalue weighted by Gasteiger charge is -2.13. The molecule has 0 fully saturated rings. The number of ether oxygens (including phenoxy) is 3. The van der Waals surface area contributed by atoms with Crippen LogP contribution in [-0.2, 0) is 11.2 Å². The molecule has 0 saturated carbocycles. The SMILES string of the molecule is COc1cc(C(=O)N/N=C(/C)c2cc(CCC(=O)O)oc2C)cc(OC)c1OC. The summed E-state index contributed by atoms with van der Waals surface area (Å²) in [5.41, 5.74) is 3.98.